The molecule has 0 radical (unpaired) electrons. The van der Waals surface area contributed by atoms with Gasteiger partial charge in [0.1, 0.15) is 30.3 Å². The Bertz CT molecular complexity index is 986. The number of nitrogens with one attached hydrogen (secondary N) is 1. The number of nitrogen functional groups attached to an aromatic ring is 1. The molecule has 3 rings (SSSR count). The summed E-state index contributed by atoms with van der Waals surface area (Å²) in [6.07, 6.45) is -0.139. The number of fused-ring (bicyclic) bond motifs is 3. The average Bonchev–Trinajstić information content (AvgIpc) is 3.03. The van der Waals surface area contributed by atoms with E-state index in [0.29, 0.717) is 30.3 Å². The van der Waals surface area contributed by atoms with Crippen LogP contribution in [-0.2, 0) is 17.9 Å². The van der Waals surface area contributed by atoms with Crippen LogP contribution in [0.1, 0.15) is 26.1 Å². The molecule has 2 heterocycles. The highest BCUT2D eigenvalue weighted by molar-refractivity contribution is 6.07. The molecule has 0 aliphatic carbocycles. The Morgan fingerprint density at radius 1 is 1.32 bits per heavy atom. The first-order valence-electron chi connectivity index (χ1n) is 9.30. The molecule has 0 saturated carbocycles. The van der Waals surface area contributed by atoms with Crippen LogP contribution < -0.4 is 15.8 Å². The van der Waals surface area contributed by atoms with E-state index in [9.17, 15) is 4.79 Å². The quantitative estimate of drug-likeness (QED) is 0.482. The van der Waals surface area contributed by atoms with E-state index >= 15 is 0 Å². The van der Waals surface area contributed by atoms with E-state index in [2.05, 4.69) is 26.8 Å². The minimum Gasteiger partial charge on any atom is -0.492 e. The summed E-state index contributed by atoms with van der Waals surface area (Å²) < 4.78 is 13.4. The molecule has 0 fully saturated rings. The first-order chi connectivity index (χ1) is 13.5. The van der Waals surface area contributed by atoms with Crippen molar-refractivity contribution in [3.63, 3.8) is 0 Å². The van der Waals surface area contributed by atoms with Gasteiger partial charge in [0.2, 0.25) is 0 Å². The maximum absolute atomic E-state index is 10.5. The molecule has 0 bridgehead atoms. The molecule has 150 valence electrons. The summed E-state index contributed by atoms with van der Waals surface area (Å²) in [6.45, 7) is 6.27. The van der Waals surface area contributed by atoms with Crippen molar-refractivity contribution in [1.29, 1.82) is 0 Å². The van der Waals surface area contributed by atoms with Gasteiger partial charge in [-0.1, -0.05) is 6.92 Å². The van der Waals surface area contributed by atoms with Gasteiger partial charge in [-0.05, 0) is 31.5 Å². The van der Waals surface area contributed by atoms with Gasteiger partial charge < -0.3 is 30.2 Å². The predicted octanol–water partition coefficient (Wildman–Crippen LogP) is 2.76. The zero-order valence-electron chi connectivity index (χ0n) is 16.1. The van der Waals surface area contributed by atoms with Crippen LogP contribution in [-0.4, -0.2) is 45.5 Å². The lowest BCUT2D eigenvalue weighted by Crippen LogP contribution is -2.26. The number of anilines is 1. The Morgan fingerprint density at radius 3 is 2.86 bits per heavy atom. The molecule has 28 heavy (non-hydrogen) atoms. The molecule has 1 aromatic carbocycles. The fraction of sp³-hybridized carbons (Fsp3) is 0.421. The van der Waals surface area contributed by atoms with E-state index in [-0.39, 0.29) is 13.2 Å². The van der Waals surface area contributed by atoms with Crippen LogP contribution in [0.4, 0.5) is 10.6 Å². The number of carboxylic acid groups (broad SMARTS) is 1. The zero-order chi connectivity index (χ0) is 20.1. The summed E-state index contributed by atoms with van der Waals surface area (Å²) in [5.74, 6) is 1.83. The van der Waals surface area contributed by atoms with E-state index in [1.54, 1.807) is 6.07 Å². The molecule has 0 saturated heterocycles. The van der Waals surface area contributed by atoms with Gasteiger partial charge in [-0.15, -0.1) is 0 Å². The number of carbonyl (C=O) groups is 1. The van der Waals surface area contributed by atoms with Crippen molar-refractivity contribution < 1.29 is 19.4 Å². The van der Waals surface area contributed by atoms with Gasteiger partial charge in [-0.2, -0.15) is 0 Å². The molecular weight excluding hydrogens is 362 g/mol. The lowest BCUT2D eigenvalue weighted by Gasteiger charge is -2.11. The van der Waals surface area contributed by atoms with Gasteiger partial charge in [0.15, 0.2) is 5.82 Å². The molecule has 0 aliphatic heterocycles. The van der Waals surface area contributed by atoms with Gasteiger partial charge in [-0.25, -0.2) is 14.8 Å². The Morgan fingerprint density at radius 2 is 2.14 bits per heavy atom. The zero-order valence-corrected chi connectivity index (χ0v) is 16.1. The highest BCUT2D eigenvalue weighted by atomic mass is 16.5. The second-order valence-corrected chi connectivity index (χ2v) is 6.27. The molecule has 0 atom stereocenters. The second kappa shape index (κ2) is 8.75. The van der Waals surface area contributed by atoms with Crippen LogP contribution in [0.2, 0.25) is 0 Å². The van der Waals surface area contributed by atoms with Gasteiger partial charge in [0.05, 0.1) is 17.6 Å². The fourth-order valence-corrected chi connectivity index (χ4v) is 3.12. The number of hydrogen-bond acceptors (Lipinski definition) is 6. The topological polar surface area (TPSA) is 125 Å². The lowest BCUT2D eigenvalue weighted by atomic mass is 10.1. The van der Waals surface area contributed by atoms with Gasteiger partial charge in [-0.3, -0.25) is 0 Å². The highest BCUT2D eigenvalue weighted by Gasteiger charge is 2.17. The van der Waals surface area contributed by atoms with Crippen LogP contribution in [0.15, 0.2) is 18.2 Å². The Balaban J connectivity index is 2.04. The molecule has 0 spiro atoms. The SMILES string of the molecule is CCCn1c(COCC)nc2c(N)nc3ccc(OCCNC(=O)O)cc3c21. The summed E-state index contributed by atoms with van der Waals surface area (Å²) in [7, 11) is 0. The van der Waals surface area contributed by atoms with E-state index in [4.69, 9.17) is 20.3 Å². The normalized spacial score (nSPS) is 11.2. The van der Waals surface area contributed by atoms with Crippen molar-refractivity contribution in [2.45, 2.75) is 33.4 Å². The fourth-order valence-electron chi connectivity index (χ4n) is 3.12. The summed E-state index contributed by atoms with van der Waals surface area (Å²) in [6, 6.07) is 5.53. The van der Waals surface area contributed by atoms with Crippen LogP contribution >= 0.6 is 0 Å². The number of nitrogens with zero attached hydrogens (tertiary/aromatic N) is 3. The van der Waals surface area contributed by atoms with Crippen molar-refractivity contribution >= 4 is 33.8 Å². The molecule has 0 aliphatic rings. The number of pyridine rings is 1. The van der Waals surface area contributed by atoms with Crippen LogP contribution in [0.5, 0.6) is 5.75 Å². The van der Waals surface area contributed by atoms with Crippen LogP contribution in [0.3, 0.4) is 0 Å². The number of aromatic nitrogens is 3. The smallest absolute Gasteiger partial charge is 0.404 e. The number of aryl methyl sites for hydroxylation is 1. The molecule has 0 unspecified atom stereocenters. The monoisotopic (exact) mass is 387 g/mol. The van der Waals surface area contributed by atoms with Crippen molar-refractivity contribution in [3.8, 4) is 5.75 Å². The largest absolute Gasteiger partial charge is 0.492 e. The number of amides is 1. The third kappa shape index (κ3) is 4.09. The maximum atomic E-state index is 10.5. The van der Waals surface area contributed by atoms with E-state index in [0.717, 1.165) is 35.2 Å². The number of rotatable bonds is 9. The number of benzene rings is 1. The number of nitrogens with two attached hydrogens (primary N) is 1. The number of imidazole rings is 1. The minimum absolute atomic E-state index is 0.203. The maximum Gasteiger partial charge on any atom is 0.404 e. The van der Waals surface area contributed by atoms with Crippen molar-refractivity contribution in [3.05, 3.63) is 24.0 Å². The van der Waals surface area contributed by atoms with Crippen LogP contribution in [0.25, 0.3) is 21.9 Å². The van der Waals surface area contributed by atoms with Gasteiger partial charge >= 0.3 is 6.09 Å². The van der Waals surface area contributed by atoms with E-state index < -0.39 is 6.09 Å². The molecule has 3 aromatic rings. The summed E-state index contributed by atoms with van der Waals surface area (Å²) in [4.78, 5) is 19.7. The molecule has 2 aromatic heterocycles. The number of ether oxygens (including phenoxy) is 2. The Labute approximate surface area is 162 Å². The second-order valence-electron chi connectivity index (χ2n) is 6.27. The van der Waals surface area contributed by atoms with Gasteiger partial charge in [0.25, 0.3) is 0 Å². The third-order valence-electron chi connectivity index (χ3n) is 4.28. The molecular formula is C19H25N5O4. The Hall–Kier alpha value is -3.07. The Kier molecular flexibility index (Phi) is 6.15. The summed E-state index contributed by atoms with van der Waals surface area (Å²) in [5.41, 5.74) is 8.49. The van der Waals surface area contributed by atoms with Crippen molar-refractivity contribution in [2.24, 2.45) is 0 Å². The third-order valence-corrected chi connectivity index (χ3v) is 4.28. The number of hydrogen-bond donors (Lipinski definition) is 3. The summed E-state index contributed by atoms with van der Waals surface area (Å²) >= 11 is 0. The first kappa shape index (κ1) is 19.7. The van der Waals surface area contributed by atoms with Crippen LogP contribution in [0, 0.1) is 0 Å². The predicted molar refractivity (Wildman–Crippen MR) is 107 cm³/mol. The van der Waals surface area contributed by atoms with Gasteiger partial charge in [0, 0.05) is 18.5 Å². The molecule has 4 N–H and O–H groups in total. The molecule has 9 nitrogen and oxygen atoms in total. The van der Waals surface area contributed by atoms with Crippen molar-refractivity contribution in [2.75, 3.05) is 25.5 Å². The first-order valence-corrected chi connectivity index (χ1v) is 9.30. The average molecular weight is 387 g/mol. The standard InChI is InChI=1S/C19H25N5O4/c1-3-8-24-15(11-27-4-2)23-16-17(24)13-10-12(28-9-7-21-19(25)26)5-6-14(13)22-18(16)20/h5-6,10,21H,3-4,7-9,11H2,1-2H3,(H2,20,22)(H,25,26). The minimum atomic E-state index is -1.08. The molecule has 9 heteroatoms. The lowest BCUT2D eigenvalue weighted by molar-refractivity contribution is 0.126. The van der Waals surface area contributed by atoms with Crippen molar-refractivity contribution in [1.82, 2.24) is 19.9 Å². The summed E-state index contributed by atoms with van der Waals surface area (Å²) in [5, 5.41) is 11.8. The molecule has 1 amide bonds. The highest BCUT2D eigenvalue weighted by Crippen LogP contribution is 2.31. The van der Waals surface area contributed by atoms with E-state index in [1.165, 1.54) is 0 Å². The van der Waals surface area contributed by atoms with E-state index in [1.807, 2.05) is 19.1 Å².